The summed E-state index contributed by atoms with van der Waals surface area (Å²) in [6.45, 7) is 16.9. The Morgan fingerprint density at radius 2 is 0.900 bits per heavy atom. The molecule has 166 valence electrons. The van der Waals surface area contributed by atoms with Gasteiger partial charge in [0.2, 0.25) is 0 Å². The molecule has 0 aliphatic heterocycles. The van der Waals surface area contributed by atoms with E-state index in [0.29, 0.717) is 11.8 Å². The molecule has 0 heterocycles. The third-order valence-corrected chi connectivity index (χ3v) is 5.89. The number of unbranched alkanes of at least 4 members (excludes halogenated alkanes) is 1. The summed E-state index contributed by atoms with van der Waals surface area (Å²) in [7, 11) is 0. The van der Waals surface area contributed by atoms with Crippen molar-refractivity contribution < 1.29 is 9.47 Å². The largest absolute Gasteiger partial charge is 0.381 e. The van der Waals surface area contributed by atoms with Crippen LogP contribution in [0.5, 0.6) is 0 Å². The maximum atomic E-state index is 6.07. The van der Waals surface area contributed by atoms with Crippen LogP contribution in [-0.4, -0.2) is 26.4 Å². The molecule has 0 saturated carbocycles. The van der Waals surface area contributed by atoms with Crippen LogP contribution in [-0.2, 0) is 9.47 Å². The van der Waals surface area contributed by atoms with Crippen molar-refractivity contribution in [3.63, 3.8) is 0 Å². The van der Waals surface area contributed by atoms with Crippen LogP contribution in [0.4, 0.5) is 0 Å². The van der Waals surface area contributed by atoms with Crippen molar-refractivity contribution in [3.8, 4) is 0 Å². The lowest BCUT2D eigenvalue weighted by Gasteiger charge is -2.31. The van der Waals surface area contributed by atoms with Crippen LogP contribution in [0, 0.1) is 10.8 Å². The second-order valence-corrected chi connectivity index (χ2v) is 10.5. The van der Waals surface area contributed by atoms with Gasteiger partial charge in [-0.1, -0.05) is 102 Å². The Bertz CT molecular complexity index is 631. The first kappa shape index (κ1) is 24.6. The van der Waals surface area contributed by atoms with Gasteiger partial charge in [-0.25, -0.2) is 0 Å². The van der Waals surface area contributed by atoms with E-state index in [0.717, 1.165) is 39.3 Å². The van der Waals surface area contributed by atoms with Crippen molar-refractivity contribution in [1.29, 1.82) is 0 Å². The van der Waals surface area contributed by atoms with Gasteiger partial charge in [-0.15, -0.1) is 0 Å². The number of hydrogen-bond donors (Lipinski definition) is 0. The Morgan fingerprint density at radius 1 is 0.567 bits per heavy atom. The van der Waals surface area contributed by atoms with Crippen LogP contribution in [0.3, 0.4) is 0 Å². The molecule has 0 aliphatic carbocycles. The first-order valence-corrected chi connectivity index (χ1v) is 11.4. The molecule has 0 aliphatic rings. The molecule has 2 aromatic carbocycles. The summed E-state index contributed by atoms with van der Waals surface area (Å²) in [6, 6.07) is 21.5. The summed E-state index contributed by atoms with van der Waals surface area (Å²) >= 11 is 0. The zero-order chi connectivity index (χ0) is 22.0. The third-order valence-electron chi connectivity index (χ3n) is 5.89. The van der Waals surface area contributed by atoms with Crippen molar-refractivity contribution in [3.05, 3.63) is 71.8 Å². The molecule has 0 unspecified atom stereocenters. The molecular weight excluding hydrogens is 368 g/mol. The van der Waals surface area contributed by atoms with Crippen molar-refractivity contribution in [2.75, 3.05) is 26.4 Å². The minimum atomic E-state index is 0.184. The number of ether oxygens (including phenoxy) is 2. The second-order valence-electron chi connectivity index (χ2n) is 10.5. The lowest BCUT2D eigenvalue weighted by atomic mass is 9.77. The average Bonchev–Trinajstić information content (AvgIpc) is 2.69. The molecule has 2 atom stereocenters. The molecular formula is C28H42O2. The fourth-order valence-corrected chi connectivity index (χ4v) is 3.87. The first-order valence-electron chi connectivity index (χ1n) is 11.4. The van der Waals surface area contributed by atoms with Gasteiger partial charge in [-0.05, 0) is 34.8 Å². The van der Waals surface area contributed by atoms with E-state index < -0.39 is 0 Å². The lowest BCUT2D eigenvalue weighted by Crippen LogP contribution is -2.24. The summed E-state index contributed by atoms with van der Waals surface area (Å²) in [5.74, 6) is 0.821. The van der Waals surface area contributed by atoms with E-state index in [9.17, 15) is 0 Å². The molecule has 2 heteroatoms. The summed E-state index contributed by atoms with van der Waals surface area (Å²) in [6.07, 6.45) is 2.08. The smallest absolute Gasteiger partial charge is 0.0539 e. The quantitative estimate of drug-likeness (QED) is 0.358. The molecule has 0 fully saturated rings. The number of hydrogen-bond acceptors (Lipinski definition) is 2. The molecule has 30 heavy (non-hydrogen) atoms. The maximum absolute atomic E-state index is 6.07. The summed E-state index contributed by atoms with van der Waals surface area (Å²) < 4.78 is 12.1. The van der Waals surface area contributed by atoms with Gasteiger partial charge in [0, 0.05) is 25.0 Å². The van der Waals surface area contributed by atoms with E-state index in [-0.39, 0.29) is 10.8 Å². The van der Waals surface area contributed by atoms with E-state index in [2.05, 4.69) is 102 Å². The molecule has 0 saturated heterocycles. The van der Waals surface area contributed by atoms with E-state index in [1.807, 2.05) is 0 Å². The Balaban J connectivity index is 1.69. The second kappa shape index (κ2) is 11.7. The van der Waals surface area contributed by atoms with Crippen LogP contribution in [0.1, 0.15) is 77.3 Å². The molecule has 0 bridgehead atoms. The van der Waals surface area contributed by atoms with Crippen molar-refractivity contribution >= 4 is 0 Å². The predicted octanol–water partition coefficient (Wildman–Crippen LogP) is 7.46. The molecule has 2 rings (SSSR count). The van der Waals surface area contributed by atoms with Gasteiger partial charge in [0.15, 0.2) is 0 Å². The molecule has 0 aromatic heterocycles. The Morgan fingerprint density at radius 3 is 1.20 bits per heavy atom. The molecule has 0 N–H and O–H groups in total. The fraction of sp³-hybridized carbons (Fsp3) is 0.571. The van der Waals surface area contributed by atoms with Crippen LogP contribution < -0.4 is 0 Å². The zero-order valence-electron chi connectivity index (χ0n) is 20.0. The first-order chi connectivity index (χ1) is 14.2. The zero-order valence-corrected chi connectivity index (χ0v) is 20.0. The lowest BCUT2D eigenvalue weighted by molar-refractivity contribution is 0.0647. The topological polar surface area (TPSA) is 18.5 Å². The highest BCUT2D eigenvalue weighted by Crippen LogP contribution is 2.36. The molecule has 0 radical (unpaired) electrons. The van der Waals surface area contributed by atoms with E-state index >= 15 is 0 Å². The minimum absolute atomic E-state index is 0.184. The highest BCUT2D eigenvalue weighted by molar-refractivity contribution is 5.22. The molecule has 0 amide bonds. The van der Waals surface area contributed by atoms with Crippen molar-refractivity contribution in [2.45, 2.75) is 66.2 Å². The van der Waals surface area contributed by atoms with Crippen molar-refractivity contribution in [2.24, 2.45) is 10.8 Å². The highest BCUT2D eigenvalue weighted by atomic mass is 16.5. The molecule has 0 spiro atoms. The van der Waals surface area contributed by atoms with Crippen LogP contribution in [0.25, 0.3) is 0 Å². The highest BCUT2D eigenvalue weighted by Gasteiger charge is 2.27. The van der Waals surface area contributed by atoms with E-state index in [4.69, 9.17) is 9.47 Å². The normalized spacial score (nSPS) is 14.5. The maximum Gasteiger partial charge on any atom is 0.0539 e. The summed E-state index contributed by atoms with van der Waals surface area (Å²) in [4.78, 5) is 0. The van der Waals surface area contributed by atoms with Gasteiger partial charge in [0.1, 0.15) is 0 Å². The van der Waals surface area contributed by atoms with Gasteiger partial charge in [-0.2, -0.15) is 0 Å². The number of rotatable bonds is 11. The molecule has 2 nitrogen and oxygen atoms in total. The van der Waals surface area contributed by atoms with Gasteiger partial charge in [0.25, 0.3) is 0 Å². The third kappa shape index (κ3) is 8.24. The van der Waals surface area contributed by atoms with Crippen molar-refractivity contribution in [1.82, 2.24) is 0 Å². The van der Waals surface area contributed by atoms with E-state index in [1.165, 1.54) is 11.1 Å². The Hall–Kier alpha value is -1.64. The average molecular weight is 411 g/mol. The predicted molar refractivity (Wildman–Crippen MR) is 128 cm³/mol. The van der Waals surface area contributed by atoms with Gasteiger partial charge < -0.3 is 9.47 Å². The van der Waals surface area contributed by atoms with Crippen LogP contribution in [0.15, 0.2) is 60.7 Å². The summed E-state index contributed by atoms with van der Waals surface area (Å²) in [5.41, 5.74) is 3.10. The molecule has 2 aromatic rings. The van der Waals surface area contributed by atoms with E-state index in [1.54, 1.807) is 0 Å². The van der Waals surface area contributed by atoms with Crippen LogP contribution in [0.2, 0.25) is 0 Å². The summed E-state index contributed by atoms with van der Waals surface area (Å²) in [5, 5.41) is 0. The SMILES string of the molecule is CC(C)(C)[C@H](COCCCCOC[C@H](c1ccccc1)C(C)(C)C)c1ccccc1. The van der Waals surface area contributed by atoms with Gasteiger partial charge in [0.05, 0.1) is 13.2 Å². The van der Waals surface area contributed by atoms with Gasteiger partial charge in [-0.3, -0.25) is 0 Å². The minimum Gasteiger partial charge on any atom is -0.381 e. The monoisotopic (exact) mass is 410 g/mol. The van der Waals surface area contributed by atoms with Gasteiger partial charge >= 0.3 is 0 Å². The fourth-order valence-electron chi connectivity index (χ4n) is 3.87. The number of benzene rings is 2. The Labute approximate surface area is 185 Å². The van der Waals surface area contributed by atoms with Crippen LogP contribution >= 0.6 is 0 Å². The standard InChI is InChI=1S/C28H42O2/c1-27(2,3)25(23-15-9-7-10-16-23)21-29-19-13-14-20-30-22-26(28(4,5)6)24-17-11-8-12-18-24/h7-12,15-18,25-26H,13-14,19-22H2,1-6H3/t25-,26-/m1/s1. The Kier molecular flexibility index (Phi) is 9.58.